The van der Waals surface area contributed by atoms with Crippen LogP contribution in [0.2, 0.25) is 0 Å². The first-order valence-corrected chi connectivity index (χ1v) is 5.05. The average Bonchev–Trinajstić information content (AvgIpc) is 2.29. The van der Waals surface area contributed by atoms with Crippen molar-refractivity contribution in [2.75, 3.05) is 0 Å². The van der Waals surface area contributed by atoms with Gasteiger partial charge in [0.1, 0.15) is 0 Å². The van der Waals surface area contributed by atoms with Gasteiger partial charge in [0, 0.05) is 11.5 Å². The molecule has 12 heavy (non-hydrogen) atoms. The molecule has 0 saturated heterocycles. The van der Waals surface area contributed by atoms with Crippen molar-refractivity contribution in [1.82, 2.24) is 0 Å². The van der Waals surface area contributed by atoms with Crippen LogP contribution >= 0.6 is 11.6 Å². The predicted octanol–water partition coefficient (Wildman–Crippen LogP) is 2.74. The normalized spacial score (nSPS) is 39.6. The molecule has 1 nitrogen and oxygen atoms in total. The molecular weight excluding hydrogens is 172 g/mol. The fourth-order valence-corrected chi connectivity index (χ4v) is 2.64. The summed E-state index contributed by atoms with van der Waals surface area (Å²) in [6.07, 6.45) is 6.44. The molecule has 66 valence electrons. The minimum absolute atomic E-state index is 0.236. The zero-order valence-corrected chi connectivity index (χ0v) is 7.76. The van der Waals surface area contributed by atoms with E-state index in [2.05, 4.69) is 0 Å². The van der Waals surface area contributed by atoms with Crippen LogP contribution in [0, 0.1) is 17.8 Å². The Bertz CT molecular complexity index is 210. The molecule has 0 heterocycles. The van der Waals surface area contributed by atoms with Gasteiger partial charge in [0.25, 0.3) is 0 Å². The highest BCUT2D eigenvalue weighted by Gasteiger charge is 2.41. The molecule has 2 aliphatic carbocycles. The molecule has 0 spiro atoms. The van der Waals surface area contributed by atoms with Crippen molar-refractivity contribution < 1.29 is 4.79 Å². The van der Waals surface area contributed by atoms with Crippen LogP contribution in [0.25, 0.3) is 0 Å². The lowest BCUT2D eigenvalue weighted by Crippen LogP contribution is -2.18. The van der Waals surface area contributed by atoms with Gasteiger partial charge in [0.05, 0.1) is 0 Å². The third-order valence-corrected chi connectivity index (χ3v) is 3.51. The Hall–Kier alpha value is -0.300. The molecule has 0 amide bonds. The molecule has 2 saturated carbocycles. The summed E-state index contributed by atoms with van der Waals surface area (Å²) >= 11 is 5.36. The largest absolute Gasteiger partial charge is 0.295 e. The summed E-state index contributed by atoms with van der Waals surface area (Å²) in [5.74, 6) is 2.25. The highest BCUT2D eigenvalue weighted by atomic mass is 35.5. The molecule has 0 radical (unpaired) electrons. The van der Waals surface area contributed by atoms with Crippen LogP contribution in [-0.4, -0.2) is 5.78 Å². The summed E-state index contributed by atoms with van der Waals surface area (Å²) in [4.78, 5) is 11.4. The number of ketones is 1. The first kappa shape index (κ1) is 8.31. The lowest BCUT2D eigenvalue weighted by atomic mass is 9.77. The summed E-state index contributed by atoms with van der Waals surface area (Å²) < 4.78 is 0. The Labute approximate surface area is 77.8 Å². The molecule has 2 unspecified atom stereocenters. The van der Waals surface area contributed by atoms with Crippen molar-refractivity contribution in [3.8, 4) is 0 Å². The third-order valence-electron chi connectivity index (χ3n) is 3.38. The van der Waals surface area contributed by atoms with Gasteiger partial charge in [-0.15, -0.1) is 0 Å². The smallest absolute Gasteiger partial charge is 0.159 e. The van der Waals surface area contributed by atoms with E-state index >= 15 is 0 Å². The van der Waals surface area contributed by atoms with E-state index in [1.54, 1.807) is 0 Å². The van der Waals surface area contributed by atoms with E-state index in [0.29, 0.717) is 0 Å². The van der Waals surface area contributed by atoms with Gasteiger partial charge in [-0.1, -0.05) is 11.6 Å². The topological polar surface area (TPSA) is 17.1 Å². The van der Waals surface area contributed by atoms with Crippen LogP contribution in [-0.2, 0) is 4.79 Å². The number of rotatable bonds is 2. The van der Waals surface area contributed by atoms with Gasteiger partial charge >= 0.3 is 0 Å². The molecule has 2 atom stereocenters. The molecule has 2 heteroatoms. The van der Waals surface area contributed by atoms with Crippen LogP contribution < -0.4 is 0 Å². The minimum atomic E-state index is 0.236. The van der Waals surface area contributed by atoms with E-state index in [9.17, 15) is 4.79 Å². The maximum Gasteiger partial charge on any atom is 0.159 e. The molecule has 0 aromatic rings. The van der Waals surface area contributed by atoms with Crippen molar-refractivity contribution >= 4 is 17.4 Å². The molecule has 0 aromatic heterocycles. The number of fused-ring (bicyclic) bond motifs is 1. The van der Waals surface area contributed by atoms with E-state index in [-0.39, 0.29) is 11.7 Å². The summed E-state index contributed by atoms with van der Waals surface area (Å²) in [7, 11) is 0. The van der Waals surface area contributed by atoms with Crippen LogP contribution in [0.15, 0.2) is 11.6 Å². The van der Waals surface area contributed by atoms with Gasteiger partial charge in [-0.05, 0) is 43.6 Å². The number of halogens is 1. The van der Waals surface area contributed by atoms with Crippen molar-refractivity contribution in [3.63, 3.8) is 0 Å². The Morgan fingerprint density at radius 1 is 1.25 bits per heavy atom. The highest BCUT2D eigenvalue weighted by molar-refractivity contribution is 6.26. The Kier molecular flexibility index (Phi) is 2.22. The number of carbonyl (C=O) groups is 1. The SMILES string of the molecule is O=C(/C=C/Cl)C1CC2CCC2C1. The zero-order valence-electron chi connectivity index (χ0n) is 7.00. The van der Waals surface area contributed by atoms with Crippen LogP contribution in [0.5, 0.6) is 0 Å². The summed E-state index contributed by atoms with van der Waals surface area (Å²) in [5, 5.41) is 0. The molecule has 0 bridgehead atoms. The Morgan fingerprint density at radius 2 is 1.83 bits per heavy atom. The Morgan fingerprint density at radius 3 is 2.25 bits per heavy atom. The van der Waals surface area contributed by atoms with E-state index < -0.39 is 0 Å². The third kappa shape index (κ3) is 1.31. The van der Waals surface area contributed by atoms with Gasteiger partial charge in [-0.2, -0.15) is 0 Å². The van der Waals surface area contributed by atoms with Crippen molar-refractivity contribution in [1.29, 1.82) is 0 Å². The van der Waals surface area contributed by atoms with Crippen LogP contribution in [0.1, 0.15) is 25.7 Å². The van der Waals surface area contributed by atoms with E-state index in [0.717, 1.165) is 24.7 Å². The first-order valence-electron chi connectivity index (χ1n) is 4.62. The van der Waals surface area contributed by atoms with Crippen molar-refractivity contribution in [2.45, 2.75) is 25.7 Å². The van der Waals surface area contributed by atoms with E-state index in [1.165, 1.54) is 24.5 Å². The number of allylic oxidation sites excluding steroid dienone is 1. The second-order valence-electron chi connectivity index (χ2n) is 3.96. The molecule has 0 N–H and O–H groups in total. The van der Waals surface area contributed by atoms with Crippen molar-refractivity contribution in [2.24, 2.45) is 17.8 Å². The van der Waals surface area contributed by atoms with Gasteiger partial charge in [-0.3, -0.25) is 4.79 Å². The van der Waals surface area contributed by atoms with E-state index in [1.807, 2.05) is 0 Å². The first-order chi connectivity index (χ1) is 5.81. The van der Waals surface area contributed by atoms with Gasteiger partial charge in [0.15, 0.2) is 5.78 Å². The fourth-order valence-electron chi connectivity index (χ4n) is 2.52. The predicted molar refractivity (Wildman–Crippen MR) is 48.9 cm³/mol. The summed E-state index contributed by atoms with van der Waals surface area (Å²) in [6, 6.07) is 0. The second-order valence-corrected chi connectivity index (χ2v) is 4.21. The van der Waals surface area contributed by atoms with Gasteiger partial charge in [-0.25, -0.2) is 0 Å². The molecule has 2 aliphatic rings. The molecular formula is C10H13ClO. The molecule has 2 fully saturated rings. The van der Waals surface area contributed by atoms with Gasteiger partial charge < -0.3 is 0 Å². The standard InChI is InChI=1S/C10H13ClO/c11-4-3-10(12)9-5-7-1-2-8(7)6-9/h3-4,7-9H,1-2,5-6H2/b4-3+. The Balaban J connectivity index is 1.94. The van der Waals surface area contributed by atoms with Gasteiger partial charge in [0.2, 0.25) is 0 Å². The number of hydrogen-bond acceptors (Lipinski definition) is 1. The molecule has 0 aliphatic heterocycles. The molecule has 0 aromatic carbocycles. The second kappa shape index (κ2) is 3.21. The monoisotopic (exact) mass is 184 g/mol. The zero-order chi connectivity index (χ0) is 8.55. The maximum absolute atomic E-state index is 11.4. The van der Waals surface area contributed by atoms with Crippen LogP contribution in [0.4, 0.5) is 0 Å². The number of carbonyl (C=O) groups excluding carboxylic acids is 1. The number of hydrogen-bond donors (Lipinski definition) is 0. The maximum atomic E-state index is 11.4. The summed E-state index contributed by atoms with van der Waals surface area (Å²) in [5.41, 5.74) is 1.34. The lowest BCUT2D eigenvalue weighted by Gasteiger charge is -2.29. The summed E-state index contributed by atoms with van der Waals surface area (Å²) in [6.45, 7) is 0. The minimum Gasteiger partial charge on any atom is -0.295 e. The van der Waals surface area contributed by atoms with Crippen molar-refractivity contribution in [3.05, 3.63) is 11.6 Å². The highest BCUT2D eigenvalue weighted by Crippen LogP contribution is 2.49. The average molecular weight is 185 g/mol. The van der Waals surface area contributed by atoms with E-state index in [4.69, 9.17) is 11.6 Å². The quantitative estimate of drug-likeness (QED) is 0.604. The fraction of sp³-hybridized carbons (Fsp3) is 0.700. The van der Waals surface area contributed by atoms with Crippen LogP contribution in [0.3, 0.4) is 0 Å². The molecule has 2 rings (SSSR count). The lowest BCUT2D eigenvalue weighted by molar-refractivity contribution is -0.118.